The number of carboxylic acid groups (broad SMARTS) is 1. The number of nitrogens with zero attached hydrogens (tertiary/aromatic N) is 1. The van der Waals surface area contributed by atoms with Crippen molar-refractivity contribution in [3.63, 3.8) is 0 Å². The molecular weight excluding hydrogens is 245 g/mol. The van der Waals surface area contributed by atoms with Gasteiger partial charge in [-0.3, -0.25) is 4.21 Å². The molecule has 6 heteroatoms. The Morgan fingerprint density at radius 2 is 2.24 bits per heavy atom. The van der Waals surface area contributed by atoms with Crippen molar-refractivity contribution in [1.82, 2.24) is 0 Å². The first-order valence-electron chi connectivity index (χ1n) is 4.84. The number of halogens is 1. The van der Waals surface area contributed by atoms with Crippen molar-refractivity contribution < 1.29 is 18.5 Å². The normalized spacial score (nSPS) is 11.8. The van der Waals surface area contributed by atoms with Gasteiger partial charge in [-0.1, -0.05) is 0 Å². The molecule has 1 atom stereocenters. The number of hydrogen-bond donors (Lipinski definition) is 1. The van der Waals surface area contributed by atoms with Crippen LogP contribution >= 0.6 is 0 Å². The zero-order chi connectivity index (χ0) is 12.8. The number of carboxylic acids is 1. The van der Waals surface area contributed by atoms with Crippen molar-refractivity contribution in [2.45, 2.75) is 17.7 Å². The summed E-state index contributed by atoms with van der Waals surface area (Å²) in [6.07, 6.45) is 0.631. The highest BCUT2D eigenvalue weighted by atomic mass is 32.2. The Morgan fingerprint density at radius 3 is 2.82 bits per heavy atom. The summed E-state index contributed by atoms with van der Waals surface area (Å²) in [6, 6.07) is 5.07. The van der Waals surface area contributed by atoms with E-state index in [1.54, 1.807) is 0 Å². The van der Waals surface area contributed by atoms with Crippen LogP contribution in [0.1, 0.15) is 23.2 Å². The van der Waals surface area contributed by atoms with Crippen LogP contribution in [-0.4, -0.2) is 21.0 Å². The van der Waals surface area contributed by atoms with E-state index in [0.29, 0.717) is 6.42 Å². The predicted molar refractivity (Wildman–Crippen MR) is 59.5 cm³/mol. The van der Waals surface area contributed by atoms with Gasteiger partial charge < -0.3 is 5.11 Å². The van der Waals surface area contributed by atoms with E-state index in [0.717, 1.165) is 18.2 Å². The van der Waals surface area contributed by atoms with E-state index in [9.17, 15) is 13.4 Å². The van der Waals surface area contributed by atoms with Gasteiger partial charge in [-0.25, -0.2) is 9.18 Å². The first-order chi connectivity index (χ1) is 8.06. The second kappa shape index (κ2) is 6.11. The molecular formula is C11H10FNO3S. The Bertz CT molecular complexity index is 496. The van der Waals surface area contributed by atoms with Crippen molar-refractivity contribution in [3.8, 4) is 6.07 Å². The topological polar surface area (TPSA) is 78.2 Å². The molecule has 0 fully saturated rings. The molecule has 17 heavy (non-hydrogen) atoms. The van der Waals surface area contributed by atoms with E-state index in [4.69, 9.17) is 10.4 Å². The van der Waals surface area contributed by atoms with Crippen LogP contribution in [0.15, 0.2) is 23.1 Å². The average Bonchev–Trinajstić information content (AvgIpc) is 2.29. The van der Waals surface area contributed by atoms with Crippen LogP contribution in [0.2, 0.25) is 0 Å². The van der Waals surface area contributed by atoms with Crippen LogP contribution in [0.4, 0.5) is 4.39 Å². The third-order valence-electron chi connectivity index (χ3n) is 2.04. The monoisotopic (exact) mass is 255 g/mol. The summed E-state index contributed by atoms with van der Waals surface area (Å²) in [5, 5.41) is 17.1. The molecule has 0 heterocycles. The molecule has 1 N–H and O–H groups in total. The van der Waals surface area contributed by atoms with E-state index in [1.807, 2.05) is 6.07 Å². The van der Waals surface area contributed by atoms with Crippen molar-refractivity contribution in [3.05, 3.63) is 29.6 Å². The Morgan fingerprint density at radius 1 is 1.53 bits per heavy atom. The lowest BCUT2D eigenvalue weighted by molar-refractivity contribution is 0.0696. The fourth-order valence-electron chi connectivity index (χ4n) is 1.20. The predicted octanol–water partition coefficient (Wildman–Crippen LogP) is 1.94. The van der Waals surface area contributed by atoms with Gasteiger partial charge in [-0.15, -0.1) is 0 Å². The second-order valence-corrected chi connectivity index (χ2v) is 4.80. The van der Waals surface area contributed by atoms with Crippen molar-refractivity contribution in [2.75, 3.05) is 5.75 Å². The molecule has 1 aromatic carbocycles. The van der Waals surface area contributed by atoms with Crippen LogP contribution in [-0.2, 0) is 10.8 Å². The standard InChI is InChI=1S/C11H10FNO3S/c12-9-4-3-8(11(14)15)7-10(9)17(16)6-2-1-5-13/h3-4,7H,1-2,6H2,(H,14,15). The van der Waals surface area contributed by atoms with E-state index in [-0.39, 0.29) is 22.6 Å². The highest BCUT2D eigenvalue weighted by molar-refractivity contribution is 7.85. The minimum absolute atomic E-state index is 0.102. The lowest BCUT2D eigenvalue weighted by atomic mass is 10.2. The number of unbranched alkanes of at least 4 members (excludes halogenated alkanes) is 1. The van der Waals surface area contributed by atoms with Crippen LogP contribution in [0.5, 0.6) is 0 Å². The molecule has 0 aromatic heterocycles. The number of rotatable bonds is 5. The average molecular weight is 255 g/mol. The molecule has 90 valence electrons. The first-order valence-corrected chi connectivity index (χ1v) is 6.16. The Balaban J connectivity index is 2.89. The van der Waals surface area contributed by atoms with Crippen LogP contribution in [0, 0.1) is 17.1 Å². The minimum Gasteiger partial charge on any atom is -0.478 e. The van der Waals surface area contributed by atoms with Gasteiger partial charge in [0.1, 0.15) is 5.82 Å². The SMILES string of the molecule is N#CCCCS(=O)c1cc(C(=O)O)ccc1F. The molecule has 0 saturated carbocycles. The maximum atomic E-state index is 13.3. The Hall–Kier alpha value is -1.74. The summed E-state index contributed by atoms with van der Waals surface area (Å²) in [6.45, 7) is 0. The summed E-state index contributed by atoms with van der Waals surface area (Å²) >= 11 is 0. The first kappa shape index (κ1) is 13.3. The molecule has 0 spiro atoms. The van der Waals surface area contributed by atoms with E-state index < -0.39 is 22.6 Å². The number of carbonyl (C=O) groups is 1. The maximum absolute atomic E-state index is 13.3. The van der Waals surface area contributed by atoms with Crippen LogP contribution in [0.3, 0.4) is 0 Å². The maximum Gasteiger partial charge on any atom is 0.335 e. The largest absolute Gasteiger partial charge is 0.478 e. The molecule has 0 aliphatic carbocycles. The zero-order valence-corrected chi connectivity index (χ0v) is 9.67. The summed E-state index contributed by atoms with van der Waals surface area (Å²) in [5.74, 6) is -1.74. The lowest BCUT2D eigenvalue weighted by Crippen LogP contribution is -2.04. The second-order valence-electron chi connectivity index (χ2n) is 3.26. The van der Waals surface area contributed by atoms with E-state index in [1.165, 1.54) is 0 Å². The van der Waals surface area contributed by atoms with Gasteiger partial charge in [0.15, 0.2) is 0 Å². The fourth-order valence-corrected chi connectivity index (χ4v) is 2.37. The number of benzene rings is 1. The number of nitriles is 1. The van der Waals surface area contributed by atoms with Gasteiger partial charge in [0.25, 0.3) is 0 Å². The molecule has 1 unspecified atom stereocenters. The molecule has 0 amide bonds. The highest BCUT2D eigenvalue weighted by Crippen LogP contribution is 2.16. The number of hydrogen-bond acceptors (Lipinski definition) is 3. The summed E-state index contributed by atoms with van der Waals surface area (Å²) in [4.78, 5) is 10.6. The van der Waals surface area contributed by atoms with Crippen LogP contribution in [0.25, 0.3) is 0 Å². The third kappa shape index (κ3) is 3.64. The summed E-state index contributed by atoms with van der Waals surface area (Å²) < 4.78 is 25.0. The van der Waals surface area contributed by atoms with Crippen LogP contribution < -0.4 is 0 Å². The smallest absolute Gasteiger partial charge is 0.335 e. The van der Waals surface area contributed by atoms with E-state index >= 15 is 0 Å². The summed E-state index contributed by atoms with van der Waals surface area (Å²) in [5.41, 5.74) is -0.102. The Kier molecular flexibility index (Phi) is 4.79. The van der Waals surface area contributed by atoms with Crippen molar-refractivity contribution in [1.29, 1.82) is 5.26 Å². The molecule has 1 rings (SSSR count). The molecule has 4 nitrogen and oxygen atoms in total. The molecule has 0 saturated heterocycles. The summed E-state index contributed by atoms with van der Waals surface area (Å²) in [7, 11) is -1.61. The molecule has 0 radical (unpaired) electrons. The number of aromatic carboxylic acids is 1. The van der Waals surface area contributed by atoms with Gasteiger partial charge in [-0.2, -0.15) is 5.26 Å². The molecule has 0 aliphatic rings. The van der Waals surface area contributed by atoms with Crippen molar-refractivity contribution >= 4 is 16.8 Å². The lowest BCUT2D eigenvalue weighted by Gasteiger charge is -2.04. The van der Waals surface area contributed by atoms with Gasteiger partial charge in [0.05, 0.1) is 27.3 Å². The zero-order valence-electron chi connectivity index (χ0n) is 8.85. The van der Waals surface area contributed by atoms with Gasteiger partial charge in [-0.05, 0) is 24.6 Å². The highest BCUT2D eigenvalue weighted by Gasteiger charge is 2.13. The van der Waals surface area contributed by atoms with Crippen molar-refractivity contribution in [2.24, 2.45) is 0 Å². The third-order valence-corrected chi connectivity index (χ3v) is 3.50. The van der Waals surface area contributed by atoms with Gasteiger partial charge >= 0.3 is 5.97 Å². The van der Waals surface area contributed by atoms with E-state index in [2.05, 4.69) is 0 Å². The Labute approximate surface area is 100 Å². The van der Waals surface area contributed by atoms with Gasteiger partial charge in [0.2, 0.25) is 0 Å². The molecule has 0 aliphatic heterocycles. The molecule has 1 aromatic rings. The molecule has 0 bridgehead atoms. The fraction of sp³-hybridized carbons (Fsp3) is 0.273. The van der Waals surface area contributed by atoms with Gasteiger partial charge in [0, 0.05) is 12.2 Å². The quantitative estimate of drug-likeness (QED) is 0.815. The minimum atomic E-state index is -1.61.